The van der Waals surface area contributed by atoms with E-state index in [2.05, 4.69) is 512 Å². The predicted molar refractivity (Wildman–Crippen MR) is 530 cm³/mol. The first kappa shape index (κ1) is 79.1. The molecule has 604 valence electrons. The summed E-state index contributed by atoms with van der Waals surface area (Å²) in [5.41, 5.74) is 28.7. The lowest BCUT2D eigenvalue weighted by Crippen LogP contribution is -2.14. The van der Waals surface area contributed by atoms with Gasteiger partial charge in [0.25, 0.3) is 0 Å². The molecule has 0 spiro atoms. The third kappa shape index (κ3) is 14.7. The van der Waals surface area contributed by atoms with E-state index < -0.39 is 0 Å². The van der Waals surface area contributed by atoms with Gasteiger partial charge in [-0.2, -0.15) is 5.26 Å². The predicted octanol–water partition coefficient (Wildman–Crippen LogP) is 32.1. The molecule has 0 radical (unpaired) electrons. The van der Waals surface area contributed by atoms with Gasteiger partial charge in [0.05, 0.1) is 66.9 Å². The highest BCUT2D eigenvalue weighted by Gasteiger charge is 2.33. The third-order valence-corrected chi connectivity index (χ3v) is 24.7. The summed E-state index contributed by atoms with van der Waals surface area (Å²) in [7, 11) is 0. The normalized spacial score (nSPS) is 12.3. The minimum absolute atomic E-state index is 0.0937. The first-order chi connectivity index (χ1) is 60.0. The summed E-state index contributed by atoms with van der Waals surface area (Å²) < 4.78 is 9.74. The lowest BCUT2D eigenvalue weighted by atomic mass is 9.85. The zero-order chi connectivity index (χ0) is 85.3. The maximum absolute atomic E-state index is 12.8. The van der Waals surface area contributed by atoms with Crippen LogP contribution in [0.1, 0.15) is 133 Å². The number of benzene rings is 16. The van der Waals surface area contributed by atoms with E-state index in [9.17, 15) is 5.26 Å². The minimum Gasteiger partial charge on any atom is -0.311 e. The molecule has 20 aromatic rings. The number of hydrogen-bond donors (Lipinski definition) is 0. The maximum Gasteiger partial charge on any atom is 0.104 e. The Morgan fingerprint density at radius 3 is 0.661 bits per heavy atom. The van der Waals surface area contributed by atoms with Crippen LogP contribution in [0.15, 0.2) is 370 Å². The van der Waals surface area contributed by atoms with Gasteiger partial charge < -0.3 is 28.1 Å². The van der Waals surface area contributed by atoms with Gasteiger partial charge in [-0.25, -0.2) is 0 Å². The van der Waals surface area contributed by atoms with Crippen molar-refractivity contribution in [1.29, 1.82) is 5.26 Å². The van der Waals surface area contributed by atoms with E-state index in [-0.39, 0.29) is 21.7 Å². The molecule has 0 amide bonds. The highest BCUT2D eigenvalue weighted by molar-refractivity contribution is 6.16. The van der Waals surface area contributed by atoms with Crippen molar-refractivity contribution in [2.75, 3.05) is 9.80 Å². The average Bonchev–Trinajstić information content (AvgIpc) is 1.52. The Balaban J connectivity index is 0.000000181. The molecule has 20 rings (SSSR count). The summed E-state index contributed by atoms with van der Waals surface area (Å²) >= 11 is 0. The minimum atomic E-state index is -0.0937. The number of fused-ring (bicyclic) bond motifs is 12. The zero-order valence-corrected chi connectivity index (χ0v) is 72.7. The van der Waals surface area contributed by atoms with Gasteiger partial charge in [-0.3, -0.25) is 0 Å². The quantitative estimate of drug-likeness (QED) is 0.102. The van der Waals surface area contributed by atoms with E-state index >= 15 is 0 Å². The second kappa shape index (κ2) is 31.7. The fraction of sp³-hybridized carbons (Fsp3) is 0.137. The van der Waals surface area contributed by atoms with Gasteiger partial charge in [-0.1, -0.05) is 326 Å². The molecular weight excluding hydrogens is 1500 g/mol. The molecule has 4 heterocycles. The standard InChI is InChI=1S/C71H65N5.C46H36N2/c1-68(2,3)43-29-33-60-51(37-43)52-38-44(69(4,5)6)30-34-61(52)75(60)66-55(42-72)67(76-62-35-31-45(70(7,8)9)39-53(62)54-40-46(71(10,11)12)32-36-63(54)76)65(74-58-27-19-15-23-49(58)50-24-16-20-28-59(50)74)41-64(66)73-56-25-17-13-21-47(56)48-22-14-18-26-57(48)73;1-5-13-41(14-6-1)47(42-15-7-2-8-16-42)45-33-29-39(30-34-45)27-25-37-21-23-38(24-22-37)26-28-40-31-35-46(36-32-40)48(43-17-9-3-10-18-43)44-19-11-4-12-20-44/h13-41H,1-12H3;1-36H/b;27-25+,28-26+. The van der Waals surface area contributed by atoms with Crippen LogP contribution >= 0.6 is 0 Å². The van der Waals surface area contributed by atoms with Crippen LogP contribution in [0.2, 0.25) is 0 Å². The molecule has 124 heavy (non-hydrogen) atoms. The number of rotatable bonds is 14. The van der Waals surface area contributed by atoms with E-state index in [1.807, 2.05) is 0 Å². The zero-order valence-electron chi connectivity index (χ0n) is 72.7. The molecule has 0 aliphatic carbocycles. The van der Waals surface area contributed by atoms with Crippen molar-refractivity contribution < 1.29 is 0 Å². The first-order valence-corrected chi connectivity index (χ1v) is 43.3. The molecule has 0 unspecified atom stereocenters. The Hall–Kier alpha value is -14.7. The van der Waals surface area contributed by atoms with Gasteiger partial charge in [0.15, 0.2) is 0 Å². The largest absolute Gasteiger partial charge is 0.311 e. The second-order valence-electron chi connectivity index (χ2n) is 37.0. The number of hydrogen-bond acceptors (Lipinski definition) is 3. The fourth-order valence-corrected chi connectivity index (χ4v) is 18.1. The van der Waals surface area contributed by atoms with E-state index in [0.717, 1.165) is 145 Å². The molecular formula is C117H101N7. The summed E-state index contributed by atoms with van der Waals surface area (Å²) in [4.78, 5) is 4.55. The first-order valence-electron chi connectivity index (χ1n) is 43.3. The van der Waals surface area contributed by atoms with Crippen molar-refractivity contribution >= 4 is 146 Å². The van der Waals surface area contributed by atoms with Gasteiger partial charge in [0.1, 0.15) is 11.6 Å². The molecule has 0 fully saturated rings. The lowest BCUT2D eigenvalue weighted by molar-refractivity contribution is 0.590. The lowest BCUT2D eigenvalue weighted by Gasteiger charge is -2.26. The van der Waals surface area contributed by atoms with Crippen LogP contribution in [0.5, 0.6) is 0 Å². The molecule has 7 nitrogen and oxygen atoms in total. The van der Waals surface area contributed by atoms with Crippen molar-refractivity contribution in [2.24, 2.45) is 0 Å². The average molecular weight is 1610 g/mol. The number of nitrogens with zero attached hydrogens (tertiary/aromatic N) is 7. The summed E-state index contributed by atoms with van der Waals surface area (Å²) in [6, 6.07) is 137. The topological polar surface area (TPSA) is 50.0 Å². The van der Waals surface area contributed by atoms with Gasteiger partial charge in [-0.15, -0.1) is 0 Å². The maximum atomic E-state index is 12.8. The molecule has 0 saturated heterocycles. The van der Waals surface area contributed by atoms with E-state index in [1.54, 1.807) is 0 Å². The Bertz CT molecular complexity index is 6760. The van der Waals surface area contributed by atoms with E-state index in [4.69, 9.17) is 0 Å². The molecule has 0 saturated carbocycles. The molecule has 0 aliphatic heterocycles. The second-order valence-corrected chi connectivity index (χ2v) is 37.0. The van der Waals surface area contributed by atoms with Gasteiger partial charge in [0.2, 0.25) is 0 Å². The summed E-state index contributed by atoms with van der Waals surface area (Å²) in [6.07, 6.45) is 8.66. The molecule has 0 aliphatic rings. The fourth-order valence-electron chi connectivity index (χ4n) is 18.1. The third-order valence-electron chi connectivity index (χ3n) is 24.7. The molecule has 7 heteroatoms. The van der Waals surface area contributed by atoms with Crippen molar-refractivity contribution in [2.45, 2.75) is 105 Å². The number of para-hydroxylation sites is 8. The van der Waals surface area contributed by atoms with Gasteiger partial charge in [0, 0.05) is 77.2 Å². The molecule has 4 aromatic heterocycles. The monoisotopic (exact) mass is 1600 g/mol. The summed E-state index contributed by atoms with van der Waals surface area (Å²) in [5.74, 6) is 0. The molecule has 0 bridgehead atoms. The SMILES string of the molecule is C(=C\c1ccc(N(c2ccccc2)c2ccccc2)cc1)/c1ccc(/C=C/c2ccc(N(c3ccccc3)c3ccccc3)cc2)cc1.CC(C)(C)c1ccc2c(c1)c1cc(C(C)(C)C)ccc1n2-c1c(-n2c3ccccc3c3ccccc32)cc(-n2c3ccccc3c3ccccc32)c(-n2c3ccc(C(C)(C)C)cc3c3cc(C(C)(C)C)ccc32)c1C#N. The van der Waals surface area contributed by atoms with Crippen LogP contribution in [-0.4, -0.2) is 18.3 Å². The van der Waals surface area contributed by atoms with Gasteiger partial charge >= 0.3 is 0 Å². The Kier molecular flexibility index (Phi) is 20.2. The van der Waals surface area contributed by atoms with Crippen molar-refractivity contribution in [3.63, 3.8) is 0 Å². The molecule has 0 N–H and O–H groups in total. The molecule has 16 aromatic carbocycles. The van der Waals surface area contributed by atoms with Crippen LogP contribution in [0.3, 0.4) is 0 Å². The number of aromatic nitrogens is 4. The Morgan fingerprint density at radius 1 is 0.218 bits per heavy atom. The van der Waals surface area contributed by atoms with Crippen LogP contribution in [-0.2, 0) is 21.7 Å². The highest BCUT2D eigenvalue weighted by Crippen LogP contribution is 2.50. The van der Waals surface area contributed by atoms with Crippen LogP contribution in [0.4, 0.5) is 34.1 Å². The number of anilines is 6. The Labute approximate surface area is 727 Å². The van der Waals surface area contributed by atoms with Crippen LogP contribution in [0.25, 0.3) is 134 Å². The number of nitriles is 1. The molecule has 0 atom stereocenters. The van der Waals surface area contributed by atoms with E-state index in [1.165, 1.54) is 43.8 Å². The van der Waals surface area contributed by atoms with Crippen molar-refractivity contribution in [3.8, 4) is 28.8 Å². The summed E-state index contributed by atoms with van der Waals surface area (Å²) in [6.45, 7) is 27.5. The van der Waals surface area contributed by atoms with Crippen LogP contribution < -0.4 is 9.80 Å². The highest BCUT2D eigenvalue weighted by atomic mass is 15.2. The van der Waals surface area contributed by atoms with Gasteiger partial charge in [-0.05, 0) is 218 Å². The van der Waals surface area contributed by atoms with Crippen molar-refractivity contribution in [1.82, 2.24) is 18.3 Å². The summed E-state index contributed by atoms with van der Waals surface area (Å²) in [5, 5.41) is 22.1. The van der Waals surface area contributed by atoms with Crippen LogP contribution in [0, 0.1) is 11.3 Å². The Morgan fingerprint density at radius 2 is 0.427 bits per heavy atom. The smallest absolute Gasteiger partial charge is 0.104 e. The van der Waals surface area contributed by atoms with Crippen molar-refractivity contribution in [3.05, 3.63) is 420 Å². The van der Waals surface area contributed by atoms with E-state index in [0.29, 0.717) is 5.56 Å².